The second-order valence-electron chi connectivity index (χ2n) is 9.50. The molecular weight excluding hydrogens is 452 g/mol. The quantitative estimate of drug-likeness (QED) is 0.532. The molecule has 2 bridgehead atoms. The van der Waals surface area contributed by atoms with Gasteiger partial charge in [0.15, 0.2) is 5.82 Å². The second kappa shape index (κ2) is 10.9. The van der Waals surface area contributed by atoms with Crippen molar-refractivity contribution in [2.75, 3.05) is 24.6 Å². The van der Waals surface area contributed by atoms with Gasteiger partial charge in [-0.25, -0.2) is 9.97 Å². The zero-order chi connectivity index (χ0) is 24.2. The first kappa shape index (κ1) is 24.8. The van der Waals surface area contributed by atoms with Crippen molar-refractivity contribution in [2.24, 2.45) is 11.7 Å². The molecule has 3 atom stereocenters. The van der Waals surface area contributed by atoms with Crippen molar-refractivity contribution >= 4 is 23.0 Å². The molecule has 1 aromatic heterocycles. The average molecular weight is 487 g/mol. The van der Waals surface area contributed by atoms with Crippen LogP contribution in [0.5, 0.6) is 5.75 Å². The molecule has 0 aliphatic carbocycles. The van der Waals surface area contributed by atoms with Gasteiger partial charge in [-0.1, -0.05) is 38.8 Å². The number of benzene rings is 1. The number of nitrogens with two attached hydrogens (primary N) is 1. The topological polar surface area (TPSA) is 93.7 Å². The molecule has 0 radical (unpaired) electrons. The highest BCUT2D eigenvalue weighted by Gasteiger charge is 2.34. The Labute approximate surface area is 206 Å². The number of allylic oxidation sites excluding steroid dienone is 1. The minimum absolute atomic E-state index is 0.173. The van der Waals surface area contributed by atoms with Crippen LogP contribution < -0.4 is 15.4 Å². The molecule has 0 saturated carbocycles. The van der Waals surface area contributed by atoms with Gasteiger partial charge in [0.05, 0.1) is 24.0 Å². The molecule has 2 saturated heterocycles. The Morgan fingerprint density at radius 3 is 2.62 bits per heavy atom. The minimum atomic E-state index is -0.510. The molecule has 7 nitrogen and oxygen atoms in total. The summed E-state index contributed by atoms with van der Waals surface area (Å²) in [5, 5.41) is 10.6. The van der Waals surface area contributed by atoms with Gasteiger partial charge in [-0.3, -0.25) is 0 Å². The molecule has 2 aliphatic heterocycles. The van der Waals surface area contributed by atoms with Crippen molar-refractivity contribution in [3.63, 3.8) is 0 Å². The SMILES string of the molecule is CCCC(O)COc1cc(Cl)cc(-c2cc(N3C[C@H]4CC[C@@H](C3)O4)nc(C(=CN)C(C)C)n2)c1. The van der Waals surface area contributed by atoms with E-state index in [0.717, 1.165) is 55.0 Å². The summed E-state index contributed by atoms with van der Waals surface area (Å²) in [6, 6.07) is 7.54. The van der Waals surface area contributed by atoms with Gasteiger partial charge in [-0.2, -0.15) is 0 Å². The second-order valence-corrected chi connectivity index (χ2v) is 9.94. The van der Waals surface area contributed by atoms with Crippen LogP contribution >= 0.6 is 11.6 Å². The van der Waals surface area contributed by atoms with Crippen LogP contribution in [0.1, 0.15) is 52.3 Å². The van der Waals surface area contributed by atoms with Crippen LogP contribution in [0.3, 0.4) is 0 Å². The zero-order valence-electron chi connectivity index (χ0n) is 20.2. The summed E-state index contributed by atoms with van der Waals surface area (Å²) >= 11 is 6.45. The van der Waals surface area contributed by atoms with Crippen molar-refractivity contribution in [1.29, 1.82) is 0 Å². The third-order valence-corrected chi connectivity index (χ3v) is 6.59. The van der Waals surface area contributed by atoms with E-state index in [0.29, 0.717) is 23.0 Å². The lowest BCUT2D eigenvalue weighted by Crippen LogP contribution is -2.43. The largest absolute Gasteiger partial charge is 0.491 e. The molecule has 0 spiro atoms. The molecule has 1 aromatic carbocycles. The van der Waals surface area contributed by atoms with Crippen LogP contribution in [0.15, 0.2) is 30.5 Å². The molecule has 2 aliphatic rings. The number of aromatic nitrogens is 2. The third kappa shape index (κ3) is 5.82. The standard InChI is InChI=1S/C26H35ClN4O3/c1-4-5-19(32)15-33-22-9-17(8-18(27)10-22)24-11-25(30-26(29-24)23(12-28)16(2)3)31-13-20-6-7-21(14-31)34-20/h8-12,16,19-21,32H,4-7,13-15,28H2,1-3H3/t19?,20-,21+. The molecule has 8 heteroatoms. The number of aliphatic hydroxyl groups excluding tert-OH is 1. The van der Waals surface area contributed by atoms with E-state index in [-0.39, 0.29) is 24.7 Å². The van der Waals surface area contributed by atoms with E-state index < -0.39 is 6.10 Å². The normalized spacial score (nSPS) is 21.2. The van der Waals surface area contributed by atoms with Gasteiger partial charge in [0, 0.05) is 41.5 Å². The lowest BCUT2D eigenvalue weighted by Gasteiger charge is -2.33. The van der Waals surface area contributed by atoms with E-state index in [1.54, 1.807) is 12.3 Å². The molecular formula is C26H35ClN4O3. The number of anilines is 1. The maximum atomic E-state index is 10.1. The molecule has 1 unspecified atom stereocenters. The first-order chi connectivity index (χ1) is 16.4. The van der Waals surface area contributed by atoms with E-state index in [2.05, 4.69) is 18.7 Å². The highest BCUT2D eigenvalue weighted by molar-refractivity contribution is 6.31. The van der Waals surface area contributed by atoms with Gasteiger partial charge < -0.3 is 25.2 Å². The molecule has 3 N–H and O–H groups in total. The number of fused-ring (bicyclic) bond motifs is 2. The van der Waals surface area contributed by atoms with Crippen molar-refractivity contribution in [3.05, 3.63) is 41.3 Å². The Morgan fingerprint density at radius 1 is 1.24 bits per heavy atom. The number of aliphatic hydroxyl groups is 1. The average Bonchev–Trinajstić information content (AvgIpc) is 3.15. The fourth-order valence-corrected chi connectivity index (χ4v) is 4.83. The lowest BCUT2D eigenvalue weighted by molar-refractivity contribution is 0.0302. The van der Waals surface area contributed by atoms with Crippen molar-refractivity contribution < 1.29 is 14.6 Å². The number of rotatable bonds is 9. The van der Waals surface area contributed by atoms with Gasteiger partial charge in [0.25, 0.3) is 0 Å². The Bertz CT molecular complexity index is 1020. The van der Waals surface area contributed by atoms with Gasteiger partial charge in [-0.15, -0.1) is 0 Å². The molecule has 34 heavy (non-hydrogen) atoms. The van der Waals surface area contributed by atoms with E-state index >= 15 is 0 Å². The smallest absolute Gasteiger partial charge is 0.159 e. The summed E-state index contributed by atoms with van der Waals surface area (Å²) < 4.78 is 11.9. The molecule has 4 rings (SSSR count). The maximum absolute atomic E-state index is 10.1. The predicted molar refractivity (Wildman–Crippen MR) is 136 cm³/mol. The van der Waals surface area contributed by atoms with E-state index in [4.69, 9.17) is 36.8 Å². The van der Waals surface area contributed by atoms with Crippen LogP contribution in [0.2, 0.25) is 5.02 Å². The Kier molecular flexibility index (Phi) is 7.96. The van der Waals surface area contributed by atoms with Crippen molar-refractivity contribution in [1.82, 2.24) is 9.97 Å². The summed E-state index contributed by atoms with van der Waals surface area (Å²) in [4.78, 5) is 12.1. The van der Waals surface area contributed by atoms with Crippen LogP contribution in [0, 0.1) is 5.92 Å². The Balaban J connectivity index is 1.70. The number of morpholine rings is 1. The summed E-state index contributed by atoms with van der Waals surface area (Å²) in [7, 11) is 0. The third-order valence-electron chi connectivity index (χ3n) is 6.37. The molecule has 184 valence electrons. The highest BCUT2D eigenvalue weighted by Crippen LogP contribution is 2.34. The lowest BCUT2D eigenvalue weighted by atomic mass is 10.0. The monoisotopic (exact) mass is 486 g/mol. The van der Waals surface area contributed by atoms with Gasteiger partial charge >= 0.3 is 0 Å². The van der Waals surface area contributed by atoms with Gasteiger partial charge in [-0.05, 0) is 43.4 Å². The first-order valence-corrected chi connectivity index (χ1v) is 12.6. The predicted octanol–water partition coefficient (Wildman–Crippen LogP) is 4.66. The molecule has 2 fully saturated rings. The molecule has 3 heterocycles. The summed E-state index contributed by atoms with van der Waals surface area (Å²) in [5.74, 6) is 2.25. The number of halogens is 1. The van der Waals surface area contributed by atoms with Crippen LogP contribution in [0.25, 0.3) is 16.8 Å². The molecule has 0 amide bonds. The fraction of sp³-hybridized carbons (Fsp3) is 0.538. The number of ether oxygens (including phenoxy) is 2. The molecule has 2 aromatic rings. The van der Waals surface area contributed by atoms with Crippen molar-refractivity contribution in [3.8, 4) is 17.0 Å². The summed E-state index contributed by atoms with van der Waals surface area (Å²) in [5.41, 5.74) is 8.44. The summed E-state index contributed by atoms with van der Waals surface area (Å²) in [6.45, 7) is 8.04. The first-order valence-electron chi connectivity index (χ1n) is 12.2. The van der Waals surface area contributed by atoms with Gasteiger partial charge in [0.2, 0.25) is 0 Å². The van der Waals surface area contributed by atoms with Gasteiger partial charge in [0.1, 0.15) is 18.2 Å². The Hall–Kier alpha value is -2.35. The van der Waals surface area contributed by atoms with E-state index in [9.17, 15) is 5.11 Å². The Morgan fingerprint density at radius 2 is 1.97 bits per heavy atom. The number of nitrogens with zero attached hydrogens (tertiary/aromatic N) is 3. The van der Waals surface area contributed by atoms with Crippen LogP contribution in [-0.4, -0.2) is 53.1 Å². The number of hydrogen-bond acceptors (Lipinski definition) is 7. The highest BCUT2D eigenvalue weighted by atomic mass is 35.5. The fourth-order valence-electron chi connectivity index (χ4n) is 4.60. The van der Waals surface area contributed by atoms with E-state index in [1.807, 2.05) is 25.1 Å². The zero-order valence-corrected chi connectivity index (χ0v) is 21.0. The van der Waals surface area contributed by atoms with Crippen LogP contribution in [-0.2, 0) is 4.74 Å². The summed E-state index contributed by atoms with van der Waals surface area (Å²) in [6.07, 6.45) is 5.34. The minimum Gasteiger partial charge on any atom is -0.491 e. The van der Waals surface area contributed by atoms with Crippen molar-refractivity contribution in [2.45, 2.75) is 64.8 Å². The maximum Gasteiger partial charge on any atom is 0.159 e. The van der Waals surface area contributed by atoms with Crippen LogP contribution in [0.4, 0.5) is 5.82 Å². The van der Waals surface area contributed by atoms with E-state index in [1.165, 1.54) is 0 Å². The number of hydrogen-bond donors (Lipinski definition) is 2.